The maximum Gasteiger partial charge on any atom is 0.233 e. The van der Waals surface area contributed by atoms with E-state index in [-0.39, 0.29) is 30.2 Å². The molecule has 0 amide bonds. The molecule has 2 fully saturated rings. The molecule has 0 unspecified atom stereocenters. The Kier molecular flexibility index (Phi) is 9.33. The highest BCUT2D eigenvalue weighted by atomic mass is 32.2. The van der Waals surface area contributed by atoms with Crippen molar-refractivity contribution in [1.82, 2.24) is 24.8 Å². The smallest absolute Gasteiger partial charge is 0.233 e. The summed E-state index contributed by atoms with van der Waals surface area (Å²) in [6, 6.07) is 6.38. The number of halogens is 1. The third kappa shape index (κ3) is 7.32. The lowest BCUT2D eigenvalue weighted by Crippen LogP contribution is -2.57. The van der Waals surface area contributed by atoms with E-state index >= 15 is 0 Å². The molecule has 0 aliphatic carbocycles. The summed E-state index contributed by atoms with van der Waals surface area (Å²) >= 11 is 0. The predicted octanol–water partition coefficient (Wildman–Crippen LogP) is 3.65. The third-order valence-electron chi connectivity index (χ3n) is 8.40. The Bertz CT molecular complexity index is 1540. The number of nitrogens with one attached hydrogen (secondary N) is 1. The largest absolute Gasteiger partial charge is 0.374 e. The van der Waals surface area contributed by atoms with Crippen LogP contribution in [0.4, 0.5) is 27.8 Å². The van der Waals surface area contributed by atoms with Crippen molar-refractivity contribution in [2.45, 2.75) is 51.4 Å². The number of hydrogen-bond acceptors (Lipinski definition) is 11. The van der Waals surface area contributed by atoms with Gasteiger partial charge in [-0.25, -0.2) is 27.8 Å². The number of piperidine rings is 1. The van der Waals surface area contributed by atoms with Gasteiger partial charge in [-0.2, -0.15) is 4.98 Å². The fraction of sp³-hybridized carbons (Fsp3) is 0.600. The molecule has 2 saturated heterocycles. The summed E-state index contributed by atoms with van der Waals surface area (Å²) in [5.74, 6) is 1.92. The van der Waals surface area contributed by atoms with Gasteiger partial charge in [-0.15, -0.1) is 0 Å². The molecule has 4 heterocycles. The van der Waals surface area contributed by atoms with Crippen molar-refractivity contribution < 1.29 is 17.5 Å². The van der Waals surface area contributed by atoms with Crippen LogP contribution in [-0.4, -0.2) is 110 Å². The minimum Gasteiger partial charge on any atom is -0.374 e. The molecule has 3 aromatic rings. The number of rotatable bonds is 11. The minimum absolute atomic E-state index is 0.107. The molecular formula is C30H43FN8O3S. The summed E-state index contributed by atoms with van der Waals surface area (Å²) < 4.78 is 44.4. The first-order valence-electron chi connectivity index (χ1n) is 14.9. The number of likely N-dealkylation sites (N-methyl/N-ethyl adjacent to an activating group) is 1. The maximum atomic E-state index is 14.9. The van der Waals surface area contributed by atoms with Gasteiger partial charge in [-0.1, -0.05) is 19.9 Å². The molecule has 1 N–H and O–H groups in total. The number of hydrogen-bond donors (Lipinski definition) is 1. The Labute approximate surface area is 253 Å². The topological polar surface area (TPSA) is 117 Å². The van der Waals surface area contributed by atoms with Gasteiger partial charge in [-0.3, -0.25) is 0 Å². The molecule has 0 radical (unpaired) electrons. The van der Waals surface area contributed by atoms with E-state index in [9.17, 15) is 12.8 Å². The highest BCUT2D eigenvalue weighted by Gasteiger charge is 2.38. The number of ether oxygens (including phenoxy) is 1. The molecular weight excluding hydrogens is 571 g/mol. The van der Waals surface area contributed by atoms with Crippen LogP contribution < -0.4 is 15.1 Å². The van der Waals surface area contributed by atoms with E-state index in [2.05, 4.69) is 63.1 Å². The van der Waals surface area contributed by atoms with E-state index in [0.717, 1.165) is 23.0 Å². The zero-order chi connectivity index (χ0) is 30.9. The zero-order valence-corrected chi connectivity index (χ0v) is 26.7. The number of pyridine rings is 1. The maximum absolute atomic E-state index is 14.9. The van der Waals surface area contributed by atoms with Crippen LogP contribution in [0.1, 0.15) is 38.7 Å². The fourth-order valence-electron chi connectivity index (χ4n) is 5.91. The van der Waals surface area contributed by atoms with Crippen LogP contribution in [0.25, 0.3) is 10.8 Å². The number of aromatic nitrogens is 4. The van der Waals surface area contributed by atoms with Gasteiger partial charge in [0.25, 0.3) is 0 Å². The van der Waals surface area contributed by atoms with Crippen molar-refractivity contribution in [2.24, 2.45) is 5.92 Å². The zero-order valence-electron chi connectivity index (χ0n) is 25.9. The fourth-order valence-corrected chi connectivity index (χ4v) is 7.07. The Hall–Kier alpha value is -3.16. The average molecular weight is 615 g/mol. The van der Waals surface area contributed by atoms with Gasteiger partial charge in [0, 0.05) is 55.1 Å². The Balaban J connectivity index is 1.32. The van der Waals surface area contributed by atoms with Gasteiger partial charge < -0.3 is 24.8 Å². The molecule has 234 valence electrons. The summed E-state index contributed by atoms with van der Waals surface area (Å²) in [5.41, 5.74) is 2.24. The highest BCUT2D eigenvalue weighted by Crippen LogP contribution is 2.39. The van der Waals surface area contributed by atoms with Crippen LogP contribution in [0.3, 0.4) is 0 Å². The SMILES string of the molecule is CC(C)c1ccc(N2C[C@H](CS(C)(=O)=O)[C@H]2C)c2cnc(Nc3ncnc(N4CC[C@@H](OCCN(C)C)[C@@H](F)C4)n3)cc12. The van der Waals surface area contributed by atoms with Crippen molar-refractivity contribution in [1.29, 1.82) is 0 Å². The second-order valence-electron chi connectivity index (χ2n) is 12.4. The molecule has 2 aromatic heterocycles. The Morgan fingerprint density at radius 3 is 2.63 bits per heavy atom. The lowest BCUT2D eigenvalue weighted by Gasteiger charge is -2.48. The van der Waals surface area contributed by atoms with Gasteiger partial charge in [-0.05, 0) is 56.4 Å². The van der Waals surface area contributed by atoms with Crippen molar-refractivity contribution in [3.05, 3.63) is 36.3 Å². The van der Waals surface area contributed by atoms with Crippen molar-refractivity contribution >= 4 is 44.0 Å². The standard InChI is InChI=1S/C30H43FN8O3S/c1-19(2)22-7-8-26(39-15-21(20(39)3)17-43(6,40)41)24-14-32-28(13-23(22)24)35-29-33-18-34-30(36-29)38-10-9-27(25(31)16-38)42-12-11-37(4)5/h7-8,13-14,18-21,25,27H,9-12,15-17H2,1-6H3,(H,32,33,34,35,36)/t20-,21-,25+,27-/m1/s1. The first kappa shape index (κ1) is 31.3. The molecule has 0 saturated carbocycles. The van der Waals surface area contributed by atoms with E-state index in [0.29, 0.717) is 43.8 Å². The molecule has 1 aromatic carbocycles. The molecule has 4 atom stereocenters. The van der Waals surface area contributed by atoms with E-state index in [1.54, 1.807) is 0 Å². The number of anilines is 4. The molecule has 0 bridgehead atoms. The van der Waals surface area contributed by atoms with Crippen LogP contribution in [0.2, 0.25) is 0 Å². The highest BCUT2D eigenvalue weighted by molar-refractivity contribution is 7.90. The normalized spacial score (nSPS) is 22.8. The van der Waals surface area contributed by atoms with Gasteiger partial charge in [0.15, 0.2) is 0 Å². The molecule has 2 aliphatic rings. The van der Waals surface area contributed by atoms with E-state index in [1.807, 2.05) is 36.2 Å². The summed E-state index contributed by atoms with van der Waals surface area (Å²) in [7, 11) is 0.898. The van der Waals surface area contributed by atoms with Crippen molar-refractivity contribution in [2.75, 3.05) is 74.0 Å². The lowest BCUT2D eigenvalue weighted by atomic mass is 9.88. The van der Waals surface area contributed by atoms with Crippen molar-refractivity contribution in [3.63, 3.8) is 0 Å². The first-order chi connectivity index (χ1) is 20.4. The number of sulfone groups is 1. The average Bonchev–Trinajstić information content (AvgIpc) is 2.94. The van der Waals surface area contributed by atoms with Gasteiger partial charge in [0.2, 0.25) is 11.9 Å². The molecule has 5 rings (SSSR count). The first-order valence-corrected chi connectivity index (χ1v) is 16.9. The van der Waals surface area contributed by atoms with E-state index < -0.39 is 22.1 Å². The molecule has 2 aliphatic heterocycles. The van der Waals surface area contributed by atoms with Crippen LogP contribution in [-0.2, 0) is 14.6 Å². The predicted molar refractivity (Wildman–Crippen MR) is 169 cm³/mol. The van der Waals surface area contributed by atoms with Gasteiger partial charge in [0.05, 0.1) is 25.0 Å². The monoisotopic (exact) mass is 614 g/mol. The number of nitrogens with zero attached hydrogens (tertiary/aromatic N) is 7. The molecule has 0 spiro atoms. The third-order valence-corrected chi connectivity index (χ3v) is 9.43. The summed E-state index contributed by atoms with van der Waals surface area (Å²) in [6.45, 7) is 9.08. The van der Waals surface area contributed by atoms with Crippen molar-refractivity contribution in [3.8, 4) is 0 Å². The van der Waals surface area contributed by atoms with E-state index in [1.165, 1.54) is 18.1 Å². The van der Waals surface area contributed by atoms with Gasteiger partial charge in [0.1, 0.15) is 28.2 Å². The Morgan fingerprint density at radius 1 is 1.16 bits per heavy atom. The van der Waals surface area contributed by atoms with Crippen LogP contribution in [0.5, 0.6) is 0 Å². The number of benzene rings is 1. The molecule has 13 heteroatoms. The summed E-state index contributed by atoms with van der Waals surface area (Å²) in [4.78, 5) is 23.9. The number of alkyl halides is 1. The van der Waals surface area contributed by atoms with Gasteiger partial charge >= 0.3 is 0 Å². The molecule has 43 heavy (non-hydrogen) atoms. The Morgan fingerprint density at radius 2 is 1.95 bits per heavy atom. The molecule has 11 nitrogen and oxygen atoms in total. The summed E-state index contributed by atoms with van der Waals surface area (Å²) in [6.07, 6.45) is 3.57. The number of fused-ring (bicyclic) bond motifs is 1. The van der Waals surface area contributed by atoms with Crippen LogP contribution in [0, 0.1) is 5.92 Å². The summed E-state index contributed by atoms with van der Waals surface area (Å²) in [5, 5.41) is 5.30. The van der Waals surface area contributed by atoms with Crippen LogP contribution in [0.15, 0.2) is 30.7 Å². The van der Waals surface area contributed by atoms with Crippen LogP contribution >= 0.6 is 0 Å². The van der Waals surface area contributed by atoms with E-state index in [4.69, 9.17) is 4.74 Å². The minimum atomic E-state index is -3.03. The second kappa shape index (κ2) is 12.8. The quantitative estimate of drug-likeness (QED) is 0.341. The second-order valence-corrected chi connectivity index (χ2v) is 14.6. The lowest BCUT2D eigenvalue weighted by molar-refractivity contribution is -0.0174.